The quantitative estimate of drug-likeness (QED) is 0.622. The Hall–Kier alpha value is -3.21. The van der Waals surface area contributed by atoms with E-state index in [0.29, 0.717) is 11.1 Å². The molecule has 2 heterocycles. The van der Waals surface area contributed by atoms with Crippen LogP contribution in [0.3, 0.4) is 0 Å². The molecule has 1 fully saturated rings. The van der Waals surface area contributed by atoms with E-state index in [9.17, 15) is 14.4 Å². The molecule has 0 radical (unpaired) electrons. The monoisotopic (exact) mass is 360 g/mol. The normalized spacial score (nSPS) is 22.0. The van der Waals surface area contributed by atoms with Crippen LogP contribution in [0.5, 0.6) is 0 Å². The first-order valence-corrected chi connectivity index (χ1v) is 9.03. The van der Waals surface area contributed by atoms with Crippen molar-refractivity contribution in [2.45, 2.75) is 32.0 Å². The smallest absolute Gasteiger partial charge is 0.262 e. The van der Waals surface area contributed by atoms with Crippen LogP contribution in [-0.2, 0) is 4.79 Å². The van der Waals surface area contributed by atoms with Crippen LogP contribution in [0.1, 0.15) is 40.1 Å². The number of rotatable bonds is 4. The maximum Gasteiger partial charge on any atom is 0.262 e. The maximum absolute atomic E-state index is 12.8. The van der Waals surface area contributed by atoms with Crippen LogP contribution in [0.25, 0.3) is 6.08 Å². The summed E-state index contributed by atoms with van der Waals surface area (Å²) in [7, 11) is 0. The lowest BCUT2D eigenvalue weighted by Crippen LogP contribution is -2.72. The number of hydrogen-bond acceptors (Lipinski definition) is 3. The van der Waals surface area contributed by atoms with Crippen LogP contribution in [-0.4, -0.2) is 45.6 Å². The molecule has 0 aliphatic carbocycles. The molecule has 2 aliphatic heterocycles. The molecule has 2 aromatic carbocycles. The molecule has 2 aliphatic rings. The topological polar surface area (TPSA) is 57.7 Å². The van der Waals surface area contributed by atoms with Gasteiger partial charge in [0.1, 0.15) is 6.04 Å². The van der Waals surface area contributed by atoms with Gasteiger partial charge in [-0.1, -0.05) is 54.6 Å². The van der Waals surface area contributed by atoms with E-state index in [0.717, 1.165) is 10.5 Å². The summed E-state index contributed by atoms with van der Waals surface area (Å²) in [4.78, 5) is 41.2. The summed E-state index contributed by atoms with van der Waals surface area (Å²) in [5, 5.41) is 0. The summed E-state index contributed by atoms with van der Waals surface area (Å²) in [5.41, 5.74) is 1.73. The molecular weight excluding hydrogens is 340 g/mol. The lowest BCUT2D eigenvalue weighted by atomic mass is 9.90. The lowest BCUT2D eigenvalue weighted by Gasteiger charge is -2.50. The second-order valence-corrected chi connectivity index (χ2v) is 7.07. The first-order chi connectivity index (χ1) is 13.0. The summed E-state index contributed by atoms with van der Waals surface area (Å²) >= 11 is 0. The standard InChI is InChI=1S/C22H20N2O3/c1-14(2)23-18(13-12-15-8-4-3-5-9-15)19(22(23)27)24-20(25)16-10-6-7-11-17(16)21(24)26/h3-14,18-19H,1-2H3. The van der Waals surface area contributed by atoms with Crippen molar-refractivity contribution in [2.75, 3.05) is 0 Å². The minimum atomic E-state index is -0.792. The van der Waals surface area contributed by atoms with Crippen molar-refractivity contribution in [1.82, 2.24) is 9.80 Å². The van der Waals surface area contributed by atoms with Gasteiger partial charge in [-0.05, 0) is 31.5 Å². The van der Waals surface area contributed by atoms with Crippen LogP contribution in [0.15, 0.2) is 60.7 Å². The van der Waals surface area contributed by atoms with Gasteiger partial charge in [-0.2, -0.15) is 0 Å². The third-order valence-electron chi connectivity index (χ3n) is 5.10. The van der Waals surface area contributed by atoms with Crippen LogP contribution < -0.4 is 0 Å². The van der Waals surface area contributed by atoms with E-state index in [4.69, 9.17) is 0 Å². The number of fused-ring (bicyclic) bond motifs is 1. The molecule has 4 rings (SSSR count). The Kier molecular flexibility index (Phi) is 4.15. The summed E-state index contributed by atoms with van der Waals surface area (Å²) in [6.45, 7) is 3.86. The lowest BCUT2D eigenvalue weighted by molar-refractivity contribution is -0.155. The van der Waals surface area contributed by atoms with Crippen molar-refractivity contribution in [3.05, 3.63) is 77.4 Å². The van der Waals surface area contributed by atoms with Crippen molar-refractivity contribution in [1.29, 1.82) is 0 Å². The van der Waals surface area contributed by atoms with Crippen LogP contribution >= 0.6 is 0 Å². The molecule has 27 heavy (non-hydrogen) atoms. The Labute approximate surface area is 157 Å². The molecule has 5 heteroatoms. The number of carbonyl (C=O) groups is 3. The molecule has 136 valence electrons. The summed E-state index contributed by atoms with van der Waals surface area (Å²) in [6, 6.07) is 15.3. The highest BCUT2D eigenvalue weighted by Gasteiger charge is 2.55. The summed E-state index contributed by atoms with van der Waals surface area (Å²) < 4.78 is 0. The Balaban J connectivity index is 1.67. The van der Waals surface area contributed by atoms with E-state index < -0.39 is 17.9 Å². The van der Waals surface area contributed by atoms with Crippen LogP contribution in [0, 0.1) is 0 Å². The average Bonchev–Trinajstić information content (AvgIpc) is 2.91. The van der Waals surface area contributed by atoms with Gasteiger partial charge in [-0.25, -0.2) is 0 Å². The van der Waals surface area contributed by atoms with Gasteiger partial charge in [-0.3, -0.25) is 19.3 Å². The number of amides is 3. The third kappa shape index (κ3) is 2.67. The molecule has 0 aromatic heterocycles. The number of nitrogens with zero attached hydrogens (tertiary/aromatic N) is 2. The molecule has 3 amide bonds. The van der Waals surface area contributed by atoms with Crippen LogP contribution in [0.2, 0.25) is 0 Å². The van der Waals surface area contributed by atoms with E-state index >= 15 is 0 Å². The fraction of sp³-hybridized carbons (Fsp3) is 0.227. The number of β-lactam (4-membered cyclic amide) rings is 1. The predicted octanol–water partition coefficient (Wildman–Crippen LogP) is 2.98. The van der Waals surface area contributed by atoms with Crippen molar-refractivity contribution >= 4 is 23.8 Å². The van der Waals surface area contributed by atoms with E-state index in [1.165, 1.54) is 0 Å². The number of likely N-dealkylation sites (tertiary alicyclic amines) is 1. The zero-order valence-electron chi connectivity index (χ0n) is 15.2. The second-order valence-electron chi connectivity index (χ2n) is 7.07. The third-order valence-corrected chi connectivity index (χ3v) is 5.10. The molecule has 0 spiro atoms. The molecule has 0 saturated carbocycles. The molecular formula is C22H20N2O3. The Morgan fingerprint density at radius 3 is 1.96 bits per heavy atom. The van der Waals surface area contributed by atoms with Crippen molar-refractivity contribution in [2.24, 2.45) is 0 Å². The van der Waals surface area contributed by atoms with E-state index in [1.807, 2.05) is 56.3 Å². The maximum atomic E-state index is 12.8. The van der Waals surface area contributed by atoms with Gasteiger partial charge in [0, 0.05) is 6.04 Å². The summed E-state index contributed by atoms with van der Waals surface area (Å²) in [5.74, 6) is -0.979. The average molecular weight is 360 g/mol. The second kappa shape index (κ2) is 6.50. The number of carbonyl (C=O) groups excluding carboxylic acids is 3. The highest BCUT2D eigenvalue weighted by atomic mass is 16.2. The SMILES string of the molecule is CC(C)N1C(=O)C(N2C(=O)c3ccccc3C2=O)C1C=Cc1ccccc1. The van der Waals surface area contributed by atoms with Gasteiger partial charge in [-0.15, -0.1) is 0 Å². The fourth-order valence-corrected chi connectivity index (χ4v) is 3.81. The first kappa shape index (κ1) is 17.2. The van der Waals surface area contributed by atoms with Gasteiger partial charge in [0.15, 0.2) is 0 Å². The molecule has 0 bridgehead atoms. The molecule has 2 aromatic rings. The Bertz CT molecular complexity index is 914. The van der Waals surface area contributed by atoms with Gasteiger partial charge in [0.25, 0.3) is 11.8 Å². The highest BCUT2D eigenvalue weighted by Crippen LogP contribution is 2.34. The Morgan fingerprint density at radius 1 is 0.852 bits per heavy atom. The highest BCUT2D eigenvalue weighted by molar-refractivity contribution is 6.23. The predicted molar refractivity (Wildman–Crippen MR) is 102 cm³/mol. The fourth-order valence-electron chi connectivity index (χ4n) is 3.81. The van der Waals surface area contributed by atoms with Crippen LogP contribution in [0.4, 0.5) is 0 Å². The van der Waals surface area contributed by atoms with Crippen molar-refractivity contribution in [3.8, 4) is 0 Å². The van der Waals surface area contributed by atoms with Gasteiger partial charge >= 0.3 is 0 Å². The summed E-state index contributed by atoms with van der Waals surface area (Å²) in [6.07, 6.45) is 3.84. The molecule has 5 nitrogen and oxygen atoms in total. The molecule has 2 unspecified atom stereocenters. The van der Waals surface area contributed by atoms with E-state index in [2.05, 4.69) is 0 Å². The number of imide groups is 1. The van der Waals surface area contributed by atoms with E-state index in [1.54, 1.807) is 29.2 Å². The zero-order valence-corrected chi connectivity index (χ0v) is 15.2. The zero-order chi connectivity index (χ0) is 19.1. The van der Waals surface area contributed by atoms with Gasteiger partial charge in [0.2, 0.25) is 5.91 Å². The minimum absolute atomic E-state index is 0.0191. The molecule has 0 N–H and O–H groups in total. The Morgan fingerprint density at radius 2 is 1.41 bits per heavy atom. The van der Waals surface area contributed by atoms with Gasteiger partial charge < -0.3 is 4.90 Å². The van der Waals surface area contributed by atoms with Gasteiger partial charge in [0.05, 0.1) is 17.2 Å². The number of benzene rings is 2. The van der Waals surface area contributed by atoms with Crippen molar-refractivity contribution < 1.29 is 14.4 Å². The minimum Gasteiger partial charge on any atom is -0.329 e. The largest absolute Gasteiger partial charge is 0.329 e. The molecule has 2 atom stereocenters. The molecule has 1 saturated heterocycles. The van der Waals surface area contributed by atoms with E-state index in [-0.39, 0.29) is 18.0 Å². The number of hydrogen-bond donors (Lipinski definition) is 0. The van der Waals surface area contributed by atoms with Crippen molar-refractivity contribution in [3.63, 3.8) is 0 Å². The first-order valence-electron chi connectivity index (χ1n) is 9.03.